The number of anilines is 4. The van der Waals surface area contributed by atoms with Gasteiger partial charge in [0.15, 0.2) is 40.6 Å². The number of benzene rings is 2. The Balaban J connectivity index is 0.000000269. The van der Waals surface area contributed by atoms with Crippen LogP contribution in [0.1, 0.15) is 72.3 Å². The van der Waals surface area contributed by atoms with Crippen LogP contribution in [-0.2, 0) is 4.74 Å². The molecule has 0 atom stereocenters. The van der Waals surface area contributed by atoms with E-state index in [9.17, 15) is 9.59 Å². The van der Waals surface area contributed by atoms with Gasteiger partial charge in [0.1, 0.15) is 11.4 Å². The molecule has 15 nitrogen and oxygen atoms in total. The Kier molecular flexibility index (Phi) is 16.4. The first kappa shape index (κ1) is 41.6. The average molecular weight is 745 g/mol. The number of hydrogen-bond acceptors (Lipinski definition) is 12. The fourth-order valence-electron chi connectivity index (χ4n) is 6.04. The molecule has 4 aromatic rings. The highest BCUT2D eigenvalue weighted by atomic mass is 35.5. The van der Waals surface area contributed by atoms with Crippen LogP contribution in [-0.4, -0.2) is 77.8 Å². The van der Waals surface area contributed by atoms with Gasteiger partial charge in [-0.15, -0.1) is 12.4 Å². The van der Waals surface area contributed by atoms with Crippen molar-refractivity contribution >= 4 is 60.2 Å². The summed E-state index contributed by atoms with van der Waals surface area (Å²) in [5.74, 6) is -0.0342. The van der Waals surface area contributed by atoms with Gasteiger partial charge < -0.3 is 42.9 Å². The van der Waals surface area contributed by atoms with Gasteiger partial charge in [0.05, 0.1) is 7.11 Å². The maximum absolute atomic E-state index is 12.3. The molecule has 9 N–H and O–H groups in total. The number of methoxy groups -OCH3 is 1. The molecule has 6 rings (SSSR count). The molecule has 0 unspecified atom stereocenters. The van der Waals surface area contributed by atoms with E-state index in [1.807, 2.05) is 60.7 Å². The second kappa shape index (κ2) is 20.9. The Labute approximate surface area is 316 Å². The van der Waals surface area contributed by atoms with Crippen LogP contribution >= 0.6 is 12.4 Å². The molecular weight excluding hydrogens is 696 g/mol. The molecular formula is C37H49ClN12O3. The van der Waals surface area contributed by atoms with Gasteiger partial charge in [0.25, 0.3) is 0 Å². The standard InChI is InChI=1S/C18H23N7O.C18H22N4O2.CH3N.ClH/c19-15-14(17(26)24-18(20)21)22-13(12-8-4-3-5-9-12)16(23-15)25-10-6-1-2-7-11-25;1-24-18(23)15-16(19)21-17(22-11-7-2-3-8-12-22)14(20-15)13-9-5-4-6-10-13;1-2;/h3-5,8-9H,1-2,6-7,10-11H2,(H2,19,23)(H4,20,21,24,26);4-6,9-10H,2-3,7-8,11-12H2,1H3,(H2,19,21);2H,1H2;1H. The second-order valence-corrected chi connectivity index (χ2v) is 12.1. The molecule has 4 heterocycles. The molecule has 2 aliphatic heterocycles. The van der Waals surface area contributed by atoms with Crippen LogP contribution < -0.4 is 32.7 Å². The van der Waals surface area contributed by atoms with Crippen LogP contribution in [0.3, 0.4) is 0 Å². The zero-order chi connectivity index (χ0) is 37.5. The minimum Gasteiger partial charge on any atom is -0.464 e. The van der Waals surface area contributed by atoms with Crippen molar-refractivity contribution in [2.45, 2.75) is 51.4 Å². The lowest BCUT2D eigenvalue weighted by Gasteiger charge is -2.24. The SMILES string of the molecule is C=N.COC(=O)c1nc(-c2ccccc2)c(N2CCCCCC2)nc1N.Cl.NC(N)=NC(=O)c1nc(-c2ccccc2)c(N2CCCCCC2)nc1N. The summed E-state index contributed by atoms with van der Waals surface area (Å²) in [7, 11) is 1.31. The Hall–Kier alpha value is -5.83. The number of amides is 1. The van der Waals surface area contributed by atoms with Gasteiger partial charge in [-0.05, 0) is 32.4 Å². The first-order valence-electron chi connectivity index (χ1n) is 17.3. The fraction of sp³-hybridized carbons (Fsp3) is 0.351. The van der Waals surface area contributed by atoms with Crippen molar-refractivity contribution in [1.82, 2.24) is 19.9 Å². The van der Waals surface area contributed by atoms with Gasteiger partial charge >= 0.3 is 11.9 Å². The normalized spacial score (nSPS) is 14.0. The number of nitrogens with two attached hydrogens (primary N) is 4. The highest BCUT2D eigenvalue weighted by molar-refractivity contribution is 6.04. The number of nitrogens with one attached hydrogen (secondary N) is 1. The van der Waals surface area contributed by atoms with E-state index in [1.54, 1.807) is 0 Å². The van der Waals surface area contributed by atoms with E-state index in [-0.39, 0.29) is 41.4 Å². The van der Waals surface area contributed by atoms with Gasteiger partial charge in [0.2, 0.25) is 0 Å². The smallest absolute Gasteiger partial charge is 0.360 e. The van der Waals surface area contributed by atoms with E-state index in [4.69, 9.17) is 33.1 Å². The number of esters is 1. The number of rotatable bonds is 6. The van der Waals surface area contributed by atoms with Crippen molar-refractivity contribution < 1.29 is 14.3 Å². The van der Waals surface area contributed by atoms with Crippen LogP contribution in [0, 0.1) is 5.41 Å². The van der Waals surface area contributed by atoms with E-state index in [2.05, 4.69) is 41.4 Å². The number of aliphatic imine (C=N–C) groups is 1. The van der Waals surface area contributed by atoms with E-state index in [1.165, 1.54) is 32.8 Å². The van der Waals surface area contributed by atoms with Gasteiger partial charge in [-0.3, -0.25) is 4.79 Å². The molecule has 16 heteroatoms. The van der Waals surface area contributed by atoms with Crippen LogP contribution in [0.2, 0.25) is 0 Å². The minimum absolute atomic E-state index is 0. The second-order valence-electron chi connectivity index (χ2n) is 12.1. The number of nitrogens with zero attached hydrogens (tertiary/aromatic N) is 7. The number of ether oxygens (including phenoxy) is 1. The number of hydrogen-bond donors (Lipinski definition) is 5. The van der Waals surface area contributed by atoms with Crippen molar-refractivity contribution in [2.75, 3.05) is 54.6 Å². The quantitative estimate of drug-likeness (QED) is 0.0982. The molecule has 0 bridgehead atoms. The van der Waals surface area contributed by atoms with Crippen LogP contribution in [0.25, 0.3) is 22.5 Å². The molecule has 2 fully saturated rings. The van der Waals surface area contributed by atoms with Gasteiger partial charge in [-0.25, -0.2) is 24.7 Å². The van der Waals surface area contributed by atoms with Crippen LogP contribution in [0.4, 0.5) is 23.3 Å². The molecule has 1 amide bonds. The number of guanidine groups is 1. The van der Waals surface area contributed by atoms with E-state index in [0.29, 0.717) is 17.2 Å². The van der Waals surface area contributed by atoms with Gasteiger partial charge in [0, 0.05) is 37.3 Å². The van der Waals surface area contributed by atoms with Crippen molar-refractivity contribution in [1.29, 1.82) is 5.41 Å². The van der Waals surface area contributed by atoms with E-state index < -0.39 is 11.9 Å². The summed E-state index contributed by atoms with van der Waals surface area (Å²) in [6.07, 6.45) is 9.25. The summed E-state index contributed by atoms with van der Waals surface area (Å²) in [5, 5.41) is 5.50. The van der Waals surface area contributed by atoms with Crippen LogP contribution in [0.15, 0.2) is 65.7 Å². The number of carbonyl (C=O) groups excluding carboxylic acids is 2. The van der Waals surface area contributed by atoms with Crippen molar-refractivity contribution in [3.8, 4) is 22.5 Å². The topological polar surface area (TPSA) is 242 Å². The lowest BCUT2D eigenvalue weighted by Crippen LogP contribution is -2.27. The molecule has 2 aliphatic rings. The zero-order valence-electron chi connectivity index (χ0n) is 30.0. The summed E-state index contributed by atoms with van der Waals surface area (Å²) in [5.41, 5.74) is 25.7. The zero-order valence-corrected chi connectivity index (χ0v) is 30.9. The molecule has 53 heavy (non-hydrogen) atoms. The Morgan fingerprint density at radius 1 is 0.660 bits per heavy atom. The van der Waals surface area contributed by atoms with E-state index in [0.717, 1.165) is 68.8 Å². The number of halogens is 1. The number of carbonyl (C=O) groups is 2. The first-order chi connectivity index (χ1) is 25.3. The monoisotopic (exact) mass is 744 g/mol. The third kappa shape index (κ3) is 11.1. The third-order valence-corrected chi connectivity index (χ3v) is 8.53. The molecule has 2 aromatic carbocycles. The van der Waals surface area contributed by atoms with Gasteiger partial charge in [-0.1, -0.05) is 86.3 Å². The van der Waals surface area contributed by atoms with Crippen LogP contribution in [0.5, 0.6) is 0 Å². The fourth-order valence-corrected chi connectivity index (χ4v) is 6.04. The summed E-state index contributed by atoms with van der Waals surface area (Å²) in [6, 6.07) is 19.4. The highest BCUT2D eigenvalue weighted by Crippen LogP contribution is 2.32. The predicted octanol–water partition coefficient (Wildman–Crippen LogP) is 5.10. The Bertz CT molecular complexity index is 1810. The first-order valence-corrected chi connectivity index (χ1v) is 17.3. The molecule has 2 aromatic heterocycles. The summed E-state index contributed by atoms with van der Waals surface area (Å²) < 4.78 is 4.78. The molecule has 0 saturated carbocycles. The largest absolute Gasteiger partial charge is 0.464 e. The minimum atomic E-state index is -0.699. The molecule has 282 valence electrons. The maximum Gasteiger partial charge on any atom is 0.360 e. The van der Waals surface area contributed by atoms with E-state index >= 15 is 0 Å². The lowest BCUT2D eigenvalue weighted by molar-refractivity contribution is 0.0595. The third-order valence-electron chi connectivity index (χ3n) is 8.53. The van der Waals surface area contributed by atoms with Gasteiger partial charge in [-0.2, -0.15) is 4.99 Å². The Morgan fingerprint density at radius 3 is 1.42 bits per heavy atom. The molecule has 0 spiro atoms. The molecule has 0 aliphatic carbocycles. The number of nitrogen functional groups attached to an aromatic ring is 2. The Morgan fingerprint density at radius 2 is 1.04 bits per heavy atom. The summed E-state index contributed by atoms with van der Waals surface area (Å²) >= 11 is 0. The number of aromatic nitrogens is 4. The highest BCUT2D eigenvalue weighted by Gasteiger charge is 2.24. The summed E-state index contributed by atoms with van der Waals surface area (Å²) in [6.45, 7) is 6.11. The summed E-state index contributed by atoms with van der Waals surface area (Å²) in [4.78, 5) is 50.2. The van der Waals surface area contributed by atoms with Crippen molar-refractivity contribution in [3.63, 3.8) is 0 Å². The van der Waals surface area contributed by atoms with Crippen molar-refractivity contribution in [2.24, 2.45) is 16.5 Å². The maximum atomic E-state index is 12.3. The predicted molar refractivity (Wildman–Crippen MR) is 214 cm³/mol. The van der Waals surface area contributed by atoms with Crippen molar-refractivity contribution in [3.05, 3.63) is 72.1 Å². The average Bonchev–Trinajstić information content (AvgIpc) is 3.62. The molecule has 2 saturated heterocycles. The lowest BCUT2D eigenvalue weighted by atomic mass is 10.1. The molecule has 0 radical (unpaired) electrons.